The van der Waals surface area contributed by atoms with Gasteiger partial charge in [-0.05, 0) is 12.3 Å². The summed E-state index contributed by atoms with van der Waals surface area (Å²) >= 11 is 0. The van der Waals surface area contributed by atoms with E-state index in [4.69, 9.17) is 0 Å². The van der Waals surface area contributed by atoms with E-state index in [-0.39, 0.29) is 23.8 Å². The second-order valence-electron chi connectivity index (χ2n) is 6.63. The van der Waals surface area contributed by atoms with Crippen molar-refractivity contribution in [3.8, 4) is 11.6 Å². The average Bonchev–Trinajstić information content (AvgIpc) is 3.08. The van der Waals surface area contributed by atoms with E-state index in [1.165, 1.54) is 4.90 Å². The molecule has 0 radical (unpaired) electrons. The molecule has 0 saturated heterocycles. The van der Waals surface area contributed by atoms with Crippen molar-refractivity contribution in [1.29, 1.82) is 0 Å². The first-order chi connectivity index (χ1) is 10.7. The third-order valence-electron chi connectivity index (χ3n) is 4.03. The molecule has 2 aromatic heterocycles. The predicted molar refractivity (Wildman–Crippen MR) is 79.8 cm³/mol. The van der Waals surface area contributed by atoms with Crippen LogP contribution < -0.4 is 5.76 Å². The summed E-state index contributed by atoms with van der Waals surface area (Å²) < 4.78 is 6.42. The summed E-state index contributed by atoms with van der Waals surface area (Å²) in [4.78, 5) is 31.3. The van der Waals surface area contributed by atoms with Gasteiger partial charge >= 0.3 is 11.8 Å². The number of amides is 1. The van der Waals surface area contributed by atoms with E-state index in [9.17, 15) is 14.7 Å². The Hall–Kier alpha value is -2.58. The highest BCUT2D eigenvalue weighted by atomic mass is 16.5. The van der Waals surface area contributed by atoms with E-state index in [1.54, 1.807) is 0 Å². The van der Waals surface area contributed by atoms with Crippen LogP contribution in [0.2, 0.25) is 0 Å². The lowest BCUT2D eigenvalue weighted by Crippen LogP contribution is -2.36. The lowest BCUT2D eigenvalue weighted by Gasteiger charge is -2.32. The van der Waals surface area contributed by atoms with Gasteiger partial charge in [-0.25, -0.2) is 14.6 Å². The Morgan fingerprint density at radius 3 is 2.65 bits per heavy atom. The molecule has 1 atom stereocenters. The second-order valence-corrected chi connectivity index (χ2v) is 6.63. The van der Waals surface area contributed by atoms with Crippen molar-refractivity contribution in [3.05, 3.63) is 21.9 Å². The molecule has 2 N–H and O–H groups in total. The zero-order chi connectivity index (χ0) is 16.9. The molecule has 1 amide bonds. The van der Waals surface area contributed by atoms with Crippen LogP contribution in [0.1, 0.15) is 45.1 Å². The number of nitrogens with zero attached hydrogens (tertiary/aromatic N) is 4. The predicted octanol–water partition coefficient (Wildman–Crippen LogP) is 1.83. The summed E-state index contributed by atoms with van der Waals surface area (Å²) in [6, 6.07) is -0.361. The monoisotopic (exact) mass is 321 g/mol. The van der Waals surface area contributed by atoms with Gasteiger partial charge in [0.25, 0.3) is 0 Å². The summed E-state index contributed by atoms with van der Waals surface area (Å²) in [6.45, 7) is 8.70. The smallest absolute Gasteiger partial charge is 0.439 e. The first-order valence-electron chi connectivity index (χ1n) is 7.39. The quantitative estimate of drug-likeness (QED) is 0.871. The number of aromatic nitrogens is 4. The molecule has 124 valence electrons. The standard InChI is InChI=1S/C14H19N5O4/c1-5-18-7-6-19(13(21)22)9(14(2,3)4)8(7)15-11(18)10-16-12(20)23-17-10/h9H,5-6H2,1-4H3,(H,21,22)(H,16,17,20). The van der Waals surface area contributed by atoms with Crippen LogP contribution in [0.3, 0.4) is 0 Å². The van der Waals surface area contributed by atoms with Gasteiger partial charge in [-0.15, -0.1) is 0 Å². The van der Waals surface area contributed by atoms with Gasteiger partial charge in [-0.3, -0.25) is 14.4 Å². The molecule has 0 fully saturated rings. The highest BCUT2D eigenvalue weighted by Crippen LogP contribution is 2.45. The van der Waals surface area contributed by atoms with Crippen molar-refractivity contribution in [2.75, 3.05) is 0 Å². The van der Waals surface area contributed by atoms with Crippen LogP contribution in [0.25, 0.3) is 11.6 Å². The maximum absolute atomic E-state index is 11.6. The lowest BCUT2D eigenvalue weighted by molar-refractivity contribution is 0.0878. The molecule has 23 heavy (non-hydrogen) atoms. The molecule has 0 saturated carbocycles. The SMILES string of the molecule is CCn1c(-c2noc(=O)[nH]2)nc2c1CN(C(=O)O)C2C(C)(C)C. The Morgan fingerprint density at radius 1 is 1.48 bits per heavy atom. The molecule has 3 heterocycles. The number of imidazole rings is 1. The van der Waals surface area contributed by atoms with Crippen molar-refractivity contribution < 1.29 is 14.4 Å². The van der Waals surface area contributed by atoms with Crippen molar-refractivity contribution in [2.24, 2.45) is 5.41 Å². The molecule has 9 nitrogen and oxygen atoms in total. The van der Waals surface area contributed by atoms with Crippen LogP contribution in [0.5, 0.6) is 0 Å². The van der Waals surface area contributed by atoms with Gasteiger partial charge in [0.05, 0.1) is 24.0 Å². The minimum atomic E-state index is -0.970. The molecule has 9 heteroatoms. The van der Waals surface area contributed by atoms with Gasteiger partial charge in [0.1, 0.15) is 0 Å². The molecule has 3 rings (SSSR count). The molecule has 1 aliphatic heterocycles. The van der Waals surface area contributed by atoms with Gasteiger partial charge in [0.2, 0.25) is 5.82 Å². The molecule has 0 spiro atoms. The van der Waals surface area contributed by atoms with Gasteiger partial charge in [0, 0.05) is 6.54 Å². The van der Waals surface area contributed by atoms with Crippen LogP contribution >= 0.6 is 0 Å². The zero-order valence-electron chi connectivity index (χ0n) is 13.5. The average molecular weight is 321 g/mol. The minimum Gasteiger partial charge on any atom is -0.465 e. The Bertz CT molecular complexity index is 810. The van der Waals surface area contributed by atoms with E-state index in [1.807, 2.05) is 32.3 Å². The topological polar surface area (TPSA) is 117 Å². The number of hydrogen-bond acceptors (Lipinski definition) is 5. The van der Waals surface area contributed by atoms with E-state index >= 15 is 0 Å². The van der Waals surface area contributed by atoms with Gasteiger partial charge in [-0.1, -0.05) is 25.9 Å². The largest absolute Gasteiger partial charge is 0.465 e. The van der Waals surface area contributed by atoms with Gasteiger partial charge in [-0.2, -0.15) is 0 Å². The summed E-state index contributed by atoms with van der Waals surface area (Å²) in [5.41, 5.74) is 1.22. The fraction of sp³-hybridized carbons (Fsp3) is 0.571. The first kappa shape index (κ1) is 15.3. The zero-order valence-corrected chi connectivity index (χ0v) is 13.5. The molecule has 1 unspecified atom stereocenters. The molecule has 0 aliphatic carbocycles. The number of carbonyl (C=O) groups is 1. The van der Waals surface area contributed by atoms with Crippen LogP contribution in [-0.4, -0.2) is 35.8 Å². The number of H-pyrrole nitrogens is 1. The van der Waals surface area contributed by atoms with E-state index in [0.29, 0.717) is 18.1 Å². The number of rotatable bonds is 2. The summed E-state index contributed by atoms with van der Waals surface area (Å²) in [5.74, 6) is 0.0915. The highest BCUT2D eigenvalue weighted by molar-refractivity contribution is 5.67. The highest BCUT2D eigenvalue weighted by Gasteiger charge is 2.45. The van der Waals surface area contributed by atoms with E-state index in [0.717, 1.165) is 5.69 Å². The normalized spacial score (nSPS) is 17.6. The minimum absolute atomic E-state index is 0.251. The molecular weight excluding hydrogens is 302 g/mol. The van der Waals surface area contributed by atoms with E-state index in [2.05, 4.69) is 19.6 Å². The summed E-state index contributed by atoms with van der Waals surface area (Å²) in [5, 5.41) is 13.2. The fourth-order valence-electron chi connectivity index (χ4n) is 3.19. The van der Waals surface area contributed by atoms with E-state index < -0.39 is 11.8 Å². The molecular formula is C14H19N5O4. The summed E-state index contributed by atoms with van der Waals surface area (Å²) in [7, 11) is 0. The molecule has 0 aromatic carbocycles. The number of aromatic amines is 1. The molecule has 2 aromatic rings. The maximum Gasteiger partial charge on any atom is 0.439 e. The Balaban J connectivity index is 2.17. The number of fused-ring (bicyclic) bond motifs is 1. The van der Waals surface area contributed by atoms with Crippen molar-refractivity contribution in [3.63, 3.8) is 0 Å². The number of nitrogens with one attached hydrogen (secondary N) is 1. The number of carboxylic acid groups (broad SMARTS) is 1. The van der Waals surface area contributed by atoms with Crippen molar-refractivity contribution >= 4 is 6.09 Å². The summed E-state index contributed by atoms with van der Waals surface area (Å²) in [6.07, 6.45) is -0.970. The Morgan fingerprint density at radius 2 is 2.17 bits per heavy atom. The van der Waals surface area contributed by atoms with Crippen LogP contribution in [0.4, 0.5) is 4.79 Å². The van der Waals surface area contributed by atoms with Gasteiger partial charge in [0.15, 0.2) is 5.82 Å². The van der Waals surface area contributed by atoms with Crippen molar-refractivity contribution in [1.82, 2.24) is 24.6 Å². The van der Waals surface area contributed by atoms with Crippen LogP contribution in [-0.2, 0) is 13.1 Å². The third kappa shape index (κ3) is 2.32. The second kappa shape index (κ2) is 4.97. The van der Waals surface area contributed by atoms with Crippen LogP contribution in [0.15, 0.2) is 9.32 Å². The Kier molecular flexibility index (Phi) is 3.31. The third-order valence-corrected chi connectivity index (χ3v) is 4.03. The number of hydrogen-bond donors (Lipinski definition) is 2. The first-order valence-corrected chi connectivity index (χ1v) is 7.39. The molecule has 0 bridgehead atoms. The van der Waals surface area contributed by atoms with Crippen molar-refractivity contribution in [2.45, 2.75) is 46.8 Å². The van der Waals surface area contributed by atoms with Crippen LogP contribution in [0, 0.1) is 5.41 Å². The molecule has 1 aliphatic rings. The Labute approximate surface area is 131 Å². The maximum atomic E-state index is 11.6. The van der Waals surface area contributed by atoms with Gasteiger partial charge < -0.3 is 9.67 Å². The fourth-order valence-corrected chi connectivity index (χ4v) is 3.19. The lowest BCUT2D eigenvalue weighted by atomic mass is 9.85.